The van der Waals surface area contributed by atoms with E-state index in [1.807, 2.05) is 6.92 Å². The molecule has 0 spiro atoms. The van der Waals surface area contributed by atoms with E-state index in [9.17, 15) is 14.4 Å². The number of carboxylic acids is 1. The molecule has 0 aromatic heterocycles. The predicted octanol–water partition coefficient (Wildman–Crippen LogP) is 2.24. The number of hydrogen-bond acceptors (Lipinski definition) is 3. The highest BCUT2D eigenvalue weighted by atomic mass is 16.4. The molecule has 0 radical (unpaired) electrons. The van der Waals surface area contributed by atoms with Gasteiger partial charge in [-0.15, -0.1) is 0 Å². The second kappa shape index (κ2) is 7.43. The number of urea groups is 1. The first kappa shape index (κ1) is 17.5. The molecule has 21 heavy (non-hydrogen) atoms. The lowest BCUT2D eigenvalue weighted by molar-refractivity contribution is -0.139. The van der Waals surface area contributed by atoms with Crippen LogP contribution in [-0.2, 0) is 9.59 Å². The molecule has 3 amide bonds. The van der Waals surface area contributed by atoms with Crippen LogP contribution in [0.2, 0.25) is 0 Å². The number of amides is 3. The summed E-state index contributed by atoms with van der Waals surface area (Å²) in [6.45, 7) is 6.74. The molecular weight excluding hydrogens is 272 g/mol. The average Bonchev–Trinajstić information content (AvgIpc) is 3.09. The number of carbonyl (C=O) groups is 3. The molecule has 0 atom stereocenters. The van der Waals surface area contributed by atoms with E-state index in [4.69, 9.17) is 5.11 Å². The molecule has 0 aromatic rings. The average molecular weight is 298 g/mol. The van der Waals surface area contributed by atoms with Crippen LogP contribution in [0.15, 0.2) is 0 Å². The summed E-state index contributed by atoms with van der Waals surface area (Å²) in [5, 5.41) is 11.2. The summed E-state index contributed by atoms with van der Waals surface area (Å²) in [6.07, 6.45) is 3.06. The Labute approximate surface area is 125 Å². The van der Waals surface area contributed by atoms with Gasteiger partial charge in [0.05, 0.1) is 6.42 Å². The molecule has 0 saturated heterocycles. The second-order valence-electron chi connectivity index (χ2n) is 6.65. The van der Waals surface area contributed by atoms with Gasteiger partial charge >= 0.3 is 12.0 Å². The molecule has 6 heteroatoms. The topological polar surface area (TPSA) is 86.7 Å². The van der Waals surface area contributed by atoms with Gasteiger partial charge in [-0.25, -0.2) is 4.79 Å². The van der Waals surface area contributed by atoms with Gasteiger partial charge in [0.1, 0.15) is 0 Å². The van der Waals surface area contributed by atoms with Crippen LogP contribution in [0.4, 0.5) is 4.79 Å². The van der Waals surface area contributed by atoms with E-state index >= 15 is 0 Å². The lowest BCUT2D eigenvalue weighted by atomic mass is 9.85. The zero-order chi connectivity index (χ0) is 16.0. The number of nitrogens with one attached hydrogen (secondary N) is 1. The van der Waals surface area contributed by atoms with E-state index in [-0.39, 0.29) is 18.9 Å². The molecule has 0 aromatic carbocycles. The second-order valence-corrected chi connectivity index (χ2v) is 6.65. The zero-order valence-corrected chi connectivity index (χ0v) is 13.1. The maximum atomic E-state index is 12.1. The fourth-order valence-corrected chi connectivity index (χ4v) is 2.31. The van der Waals surface area contributed by atoms with Gasteiger partial charge in [-0.3, -0.25) is 14.9 Å². The van der Waals surface area contributed by atoms with Crippen LogP contribution >= 0.6 is 0 Å². The lowest BCUT2D eigenvalue weighted by Crippen LogP contribution is -2.45. The van der Waals surface area contributed by atoms with E-state index in [0.717, 1.165) is 19.3 Å². The zero-order valence-electron chi connectivity index (χ0n) is 13.1. The molecule has 1 aliphatic carbocycles. The number of nitrogens with zero attached hydrogens (tertiary/aromatic N) is 1. The Hall–Kier alpha value is -1.59. The SMILES string of the molecule is CCCN(CC1CC1)C(=O)NC(=O)CC(C)(C)CC(=O)O. The van der Waals surface area contributed by atoms with Crippen molar-refractivity contribution in [3.63, 3.8) is 0 Å². The molecule has 0 aliphatic heterocycles. The molecule has 1 saturated carbocycles. The van der Waals surface area contributed by atoms with Crippen LogP contribution in [0, 0.1) is 11.3 Å². The first-order valence-electron chi connectivity index (χ1n) is 7.54. The summed E-state index contributed by atoms with van der Waals surface area (Å²) < 4.78 is 0. The van der Waals surface area contributed by atoms with E-state index in [2.05, 4.69) is 5.32 Å². The van der Waals surface area contributed by atoms with Crippen molar-refractivity contribution >= 4 is 17.9 Å². The molecular formula is C15H26N2O4. The summed E-state index contributed by atoms with van der Waals surface area (Å²) in [5.74, 6) is -0.788. The van der Waals surface area contributed by atoms with Crippen LogP contribution in [0.5, 0.6) is 0 Å². The quantitative estimate of drug-likeness (QED) is 0.719. The Morgan fingerprint density at radius 2 is 1.86 bits per heavy atom. The van der Waals surface area contributed by atoms with Crippen molar-refractivity contribution in [2.45, 2.75) is 52.9 Å². The monoisotopic (exact) mass is 298 g/mol. The van der Waals surface area contributed by atoms with Gasteiger partial charge < -0.3 is 10.0 Å². The minimum atomic E-state index is -0.944. The highest BCUT2D eigenvalue weighted by molar-refractivity contribution is 5.94. The molecule has 1 fully saturated rings. The molecule has 0 heterocycles. The summed E-state index contributed by atoms with van der Waals surface area (Å²) in [5.41, 5.74) is -0.664. The third-order valence-electron chi connectivity index (χ3n) is 3.47. The molecule has 1 rings (SSSR count). The molecule has 120 valence electrons. The van der Waals surface area contributed by atoms with Crippen LogP contribution in [-0.4, -0.2) is 41.0 Å². The van der Waals surface area contributed by atoms with Crippen LogP contribution < -0.4 is 5.32 Å². The van der Waals surface area contributed by atoms with Crippen molar-refractivity contribution in [3.8, 4) is 0 Å². The Morgan fingerprint density at radius 3 is 2.33 bits per heavy atom. The van der Waals surface area contributed by atoms with Crippen LogP contribution in [0.1, 0.15) is 52.9 Å². The first-order chi connectivity index (χ1) is 9.73. The maximum absolute atomic E-state index is 12.1. The summed E-state index contributed by atoms with van der Waals surface area (Å²) in [4.78, 5) is 36.4. The van der Waals surface area contributed by atoms with Gasteiger partial charge in [0.15, 0.2) is 0 Å². The summed E-state index contributed by atoms with van der Waals surface area (Å²) in [6, 6.07) is -0.361. The number of aliphatic carboxylic acids is 1. The maximum Gasteiger partial charge on any atom is 0.324 e. The van der Waals surface area contributed by atoms with Crippen molar-refractivity contribution in [1.82, 2.24) is 10.2 Å². The standard InChI is InChI=1S/C15H26N2O4/c1-4-7-17(10-11-5-6-11)14(21)16-12(18)8-15(2,3)9-13(19)20/h11H,4-10H2,1-3H3,(H,19,20)(H,16,18,21). The molecule has 2 N–H and O–H groups in total. The minimum absolute atomic E-state index is 0.0223. The smallest absolute Gasteiger partial charge is 0.324 e. The number of carbonyl (C=O) groups excluding carboxylic acids is 2. The van der Waals surface area contributed by atoms with Crippen molar-refractivity contribution in [3.05, 3.63) is 0 Å². The van der Waals surface area contributed by atoms with Gasteiger partial charge in [0.25, 0.3) is 0 Å². The predicted molar refractivity (Wildman–Crippen MR) is 78.8 cm³/mol. The third kappa shape index (κ3) is 7.11. The third-order valence-corrected chi connectivity index (χ3v) is 3.47. The van der Waals surface area contributed by atoms with E-state index in [1.165, 1.54) is 0 Å². The molecule has 1 aliphatic rings. The first-order valence-corrected chi connectivity index (χ1v) is 7.54. The molecule has 0 bridgehead atoms. The van der Waals surface area contributed by atoms with E-state index in [0.29, 0.717) is 19.0 Å². The van der Waals surface area contributed by atoms with E-state index in [1.54, 1.807) is 18.7 Å². The lowest BCUT2D eigenvalue weighted by Gasteiger charge is -2.24. The Morgan fingerprint density at radius 1 is 1.24 bits per heavy atom. The van der Waals surface area contributed by atoms with E-state index < -0.39 is 17.3 Å². The van der Waals surface area contributed by atoms with Crippen LogP contribution in [0.25, 0.3) is 0 Å². The summed E-state index contributed by atoms with van der Waals surface area (Å²) in [7, 11) is 0. The number of imide groups is 1. The van der Waals surface area contributed by atoms with Crippen molar-refractivity contribution in [2.24, 2.45) is 11.3 Å². The fraction of sp³-hybridized carbons (Fsp3) is 0.800. The highest BCUT2D eigenvalue weighted by Crippen LogP contribution is 2.30. The Kier molecular flexibility index (Phi) is 6.18. The molecule has 6 nitrogen and oxygen atoms in total. The Bertz CT molecular complexity index is 402. The van der Waals surface area contributed by atoms with Gasteiger partial charge in [-0.05, 0) is 30.6 Å². The van der Waals surface area contributed by atoms with Gasteiger partial charge in [-0.2, -0.15) is 0 Å². The number of hydrogen-bond donors (Lipinski definition) is 2. The highest BCUT2D eigenvalue weighted by Gasteiger charge is 2.29. The fourth-order valence-electron chi connectivity index (χ4n) is 2.31. The Balaban J connectivity index is 2.46. The van der Waals surface area contributed by atoms with Gasteiger partial charge in [-0.1, -0.05) is 20.8 Å². The molecule has 0 unspecified atom stereocenters. The van der Waals surface area contributed by atoms with Crippen LogP contribution in [0.3, 0.4) is 0 Å². The van der Waals surface area contributed by atoms with Crippen molar-refractivity contribution < 1.29 is 19.5 Å². The minimum Gasteiger partial charge on any atom is -0.481 e. The summed E-state index contributed by atoms with van der Waals surface area (Å²) >= 11 is 0. The van der Waals surface area contributed by atoms with Gasteiger partial charge in [0, 0.05) is 19.5 Å². The van der Waals surface area contributed by atoms with Crippen molar-refractivity contribution in [2.75, 3.05) is 13.1 Å². The van der Waals surface area contributed by atoms with Gasteiger partial charge in [0.2, 0.25) is 5.91 Å². The van der Waals surface area contributed by atoms with Crippen molar-refractivity contribution in [1.29, 1.82) is 0 Å². The number of carboxylic acid groups (broad SMARTS) is 1. The largest absolute Gasteiger partial charge is 0.481 e. The normalized spacial score (nSPS) is 14.6. The number of rotatable bonds is 8.